The van der Waals surface area contributed by atoms with E-state index in [0.717, 1.165) is 50.0 Å². The van der Waals surface area contributed by atoms with Crippen LogP contribution in [0.4, 0.5) is 0 Å². The molecular weight excluding hydrogens is 276 g/mol. The molecular formula is C13H24N4O2S. The minimum Gasteiger partial charge on any atom is -0.317 e. The summed E-state index contributed by atoms with van der Waals surface area (Å²) in [5, 5.41) is 10.1. The molecule has 1 fully saturated rings. The van der Waals surface area contributed by atoms with Gasteiger partial charge in [0.15, 0.2) is 0 Å². The molecule has 0 spiro atoms. The van der Waals surface area contributed by atoms with Gasteiger partial charge in [-0.15, -0.1) is 0 Å². The minimum absolute atomic E-state index is 0.263. The number of hydrogen-bond acceptors (Lipinski definition) is 4. The second kappa shape index (κ2) is 7.19. The Morgan fingerprint density at radius 3 is 2.80 bits per heavy atom. The molecule has 0 unspecified atom stereocenters. The van der Waals surface area contributed by atoms with Crippen LogP contribution >= 0.6 is 0 Å². The molecule has 7 heteroatoms. The highest BCUT2D eigenvalue weighted by molar-refractivity contribution is 7.89. The average molecular weight is 300 g/mol. The Balaban J connectivity index is 1.68. The maximum absolute atomic E-state index is 12.0. The molecule has 1 aromatic heterocycles. The Morgan fingerprint density at radius 2 is 2.15 bits per heavy atom. The van der Waals surface area contributed by atoms with Crippen molar-refractivity contribution in [3.05, 3.63) is 17.5 Å². The third-order valence-corrected chi connectivity index (χ3v) is 5.35. The molecule has 20 heavy (non-hydrogen) atoms. The maximum atomic E-state index is 12.0. The summed E-state index contributed by atoms with van der Waals surface area (Å²) in [6.45, 7) is 4.33. The van der Waals surface area contributed by atoms with Crippen LogP contribution in [0.25, 0.3) is 0 Å². The van der Waals surface area contributed by atoms with Gasteiger partial charge in [0.1, 0.15) is 0 Å². The lowest BCUT2D eigenvalue weighted by Gasteiger charge is -2.22. The van der Waals surface area contributed by atoms with Crippen molar-refractivity contribution >= 4 is 10.0 Å². The van der Waals surface area contributed by atoms with Crippen molar-refractivity contribution in [3.8, 4) is 0 Å². The fraction of sp³-hybridized carbons (Fsp3) is 0.769. The molecule has 1 saturated heterocycles. The summed E-state index contributed by atoms with van der Waals surface area (Å²) >= 11 is 0. The van der Waals surface area contributed by atoms with Crippen molar-refractivity contribution in [2.24, 2.45) is 5.92 Å². The van der Waals surface area contributed by atoms with Crippen LogP contribution in [0.1, 0.15) is 30.5 Å². The zero-order valence-electron chi connectivity index (χ0n) is 12.0. The Morgan fingerprint density at radius 1 is 1.40 bits per heavy atom. The molecule has 1 aliphatic rings. The lowest BCUT2D eigenvalue weighted by molar-refractivity contribution is 0.400. The molecule has 1 aromatic rings. The normalized spacial score (nSPS) is 17.4. The molecule has 0 radical (unpaired) electrons. The molecule has 0 bridgehead atoms. The van der Waals surface area contributed by atoms with E-state index in [1.165, 1.54) is 0 Å². The highest BCUT2D eigenvalue weighted by Crippen LogP contribution is 2.13. The van der Waals surface area contributed by atoms with Gasteiger partial charge in [-0.05, 0) is 57.2 Å². The van der Waals surface area contributed by atoms with Crippen LogP contribution in [0.2, 0.25) is 0 Å². The predicted octanol–water partition coefficient (Wildman–Crippen LogP) is 0.570. The fourth-order valence-corrected chi connectivity index (χ4v) is 4.08. The van der Waals surface area contributed by atoms with Crippen molar-refractivity contribution in [2.45, 2.75) is 32.6 Å². The van der Waals surface area contributed by atoms with Gasteiger partial charge in [0.05, 0.1) is 11.9 Å². The monoisotopic (exact) mass is 300 g/mol. The Kier molecular flexibility index (Phi) is 5.56. The van der Waals surface area contributed by atoms with E-state index in [1.54, 1.807) is 6.20 Å². The van der Waals surface area contributed by atoms with Gasteiger partial charge in [0.2, 0.25) is 10.0 Å². The predicted molar refractivity (Wildman–Crippen MR) is 79.0 cm³/mol. The molecule has 2 heterocycles. The Labute approximate surface area is 120 Å². The lowest BCUT2D eigenvalue weighted by Crippen LogP contribution is -2.36. The number of nitrogens with one attached hydrogen (secondary N) is 3. The van der Waals surface area contributed by atoms with Gasteiger partial charge in [0, 0.05) is 12.2 Å². The molecule has 0 saturated carbocycles. The smallest absolute Gasteiger partial charge is 0.211 e. The SMILES string of the molecule is Cc1[nH]ncc1CCCNS(=O)(=O)CC1CCNCC1. The highest BCUT2D eigenvalue weighted by atomic mass is 32.2. The van der Waals surface area contributed by atoms with Gasteiger partial charge in [-0.25, -0.2) is 13.1 Å². The van der Waals surface area contributed by atoms with Gasteiger partial charge < -0.3 is 5.32 Å². The number of piperidine rings is 1. The van der Waals surface area contributed by atoms with Crippen LogP contribution in [0, 0.1) is 12.8 Å². The quantitative estimate of drug-likeness (QED) is 0.643. The second-order valence-electron chi connectivity index (χ2n) is 5.49. The van der Waals surface area contributed by atoms with Crippen LogP contribution < -0.4 is 10.0 Å². The van der Waals surface area contributed by atoms with Crippen molar-refractivity contribution in [3.63, 3.8) is 0 Å². The number of rotatable bonds is 7. The molecule has 114 valence electrons. The number of H-pyrrole nitrogens is 1. The summed E-state index contributed by atoms with van der Waals surface area (Å²) < 4.78 is 26.7. The zero-order chi connectivity index (χ0) is 14.4. The minimum atomic E-state index is -3.13. The first-order valence-electron chi connectivity index (χ1n) is 7.24. The van der Waals surface area contributed by atoms with Crippen LogP contribution in [-0.4, -0.2) is 44.0 Å². The summed E-state index contributed by atoms with van der Waals surface area (Å²) in [6, 6.07) is 0. The van der Waals surface area contributed by atoms with E-state index in [0.29, 0.717) is 12.5 Å². The number of hydrogen-bond donors (Lipinski definition) is 3. The van der Waals surface area contributed by atoms with Crippen molar-refractivity contribution in [1.82, 2.24) is 20.2 Å². The van der Waals surface area contributed by atoms with Crippen LogP contribution in [0.15, 0.2) is 6.20 Å². The van der Waals surface area contributed by atoms with Gasteiger partial charge in [-0.2, -0.15) is 5.10 Å². The summed E-state index contributed by atoms with van der Waals surface area (Å²) in [4.78, 5) is 0. The van der Waals surface area contributed by atoms with E-state index in [-0.39, 0.29) is 5.75 Å². The summed E-state index contributed by atoms with van der Waals surface area (Å²) in [5.41, 5.74) is 2.21. The first-order valence-corrected chi connectivity index (χ1v) is 8.89. The topological polar surface area (TPSA) is 86.9 Å². The number of nitrogens with zero attached hydrogens (tertiary/aromatic N) is 1. The number of aromatic amines is 1. The molecule has 0 aliphatic carbocycles. The molecule has 0 aromatic carbocycles. The maximum Gasteiger partial charge on any atom is 0.211 e. The molecule has 0 atom stereocenters. The third-order valence-electron chi connectivity index (χ3n) is 3.79. The van der Waals surface area contributed by atoms with Gasteiger partial charge in [-0.1, -0.05) is 0 Å². The average Bonchev–Trinajstić information content (AvgIpc) is 2.81. The van der Waals surface area contributed by atoms with Gasteiger partial charge in [0.25, 0.3) is 0 Å². The molecule has 3 N–H and O–H groups in total. The van der Waals surface area contributed by atoms with E-state index in [1.807, 2.05) is 6.92 Å². The largest absolute Gasteiger partial charge is 0.317 e. The Hall–Kier alpha value is -0.920. The van der Waals surface area contributed by atoms with E-state index in [9.17, 15) is 8.42 Å². The van der Waals surface area contributed by atoms with E-state index in [2.05, 4.69) is 20.2 Å². The molecule has 6 nitrogen and oxygen atoms in total. The number of sulfonamides is 1. The van der Waals surface area contributed by atoms with Crippen LogP contribution in [0.5, 0.6) is 0 Å². The number of aromatic nitrogens is 2. The van der Waals surface area contributed by atoms with Crippen molar-refractivity contribution < 1.29 is 8.42 Å². The van der Waals surface area contributed by atoms with Crippen molar-refractivity contribution in [2.75, 3.05) is 25.4 Å². The summed E-state index contributed by atoms with van der Waals surface area (Å²) in [5.74, 6) is 0.559. The number of aryl methyl sites for hydroxylation is 2. The van der Waals surface area contributed by atoms with Crippen molar-refractivity contribution in [1.29, 1.82) is 0 Å². The summed E-state index contributed by atoms with van der Waals surface area (Å²) in [7, 11) is -3.13. The molecule has 2 rings (SSSR count). The van der Waals surface area contributed by atoms with Crippen LogP contribution in [0.3, 0.4) is 0 Å². The summed E-state index contributed by atoms with van der Waals surface area (Å²) in [6.07, 6.45) is 5.35. The molecule has 1 aliphatic heterocycles. The van der Waals surface area contributed by atoms with E-state index < -0.39 is 10.0 Å². The van der Waals surface area contributed by atoms with E-state index in [4.69, 9.17) is 0 Å². The Bertz CT molecular complexity index is 506. The fourth-order valence-electron chi connectivity index (χ4n) is 2.55. The lowest BCUT2D eigenvalue weighted by atomic mass is 10.0. The highest BCUT2D eigenvalue weighted by Gasteiger charge is 2.20. The zero-order valence-corrected chi connectivity index (χ0v) is 12.8. The van der Waals surface area contributed by atoms with Gasteiger partial charge in [-0.3, -0.25) is 5.10 Å². The first kappa shape index (κ1) is 15.5. The molecule has 0 amide bonds. The second-order valence-corrected chi connectivity index (χ2v) is 7.34. The standard InChI is InChI=1S/C13H24N4O2S/c1-11-13(9-15-17-11)3-2-6-16-20(18,19)10-12-4-7-14-8-5-12/h9,12,14,16H,2-8,10H2,1H3,(H,15,17). The first-order chi connectivity index (χ1) is 9.57. The van der Waals surface area contributed by atoms with Gasteiger partial charge >= 0.3 is 0 Å². The van der Waals surface area contributed by atoms with Crippen LogP contribution in [-0.2, 0) is 16.4 Å². The third kappa shape index (κ3) is 4.88. The van der Waals surface area contributed by atoms with E-state index >= 15 is 0 Å².